The molecule has 46 heavy (non-hydrogen) atoms. The van der Waals surface area contributed by atoms with E-state index >= 15 is 0 Å². The van der Waals surface area contributed by atoms with E-state index in [1.165, 1.54) is 0 Å². The predicted molar refractivity (Wildman–Crippen MR) is 175 cm³/mol. The number of aromatic hydroxyl groups is 1. The number of phenols is 1. The van der Waals surface area contributed by atoms with Crippen molar-refractivity contribution in [2.24, 2.45) is 11.5 Å². The van der Waals surface area contributed by atoms with Gasteiger partial charge in [0.2, 0.25) is 0 Å². The zero-order chi connectivity index (χ0) is 33.0. The molecule has 12 heteroatoms. The average Bonchev–Trinajstić information content (AvgIpc) is 3.03. The van der Waals surface area contributed by atoms with E-state index in [0.717, 1.165) is 17.2 Å². The molecule has 2 aromatic rings. The highest BCUT2D eigenvalue weighted by atomic mass is 16.6. The number of carbonyl (C=O) groups excluding carboxylic acids is 1. The fourth-order valence-corrected chi connectivity index (χ4v) is 5.93. The van der Waals surface area contributed by atoms with Crippen molar-refractivity contribution in [3.63, 3.8) is 0 Å². The molecule has 0 saturated carbocycles. The Hall–Kier alpha value is -4.52. The van der Waals surface area contributed by atoms with Crippen LogP contribution < -0.4 is 37.6 Å². The van der Waals surface area contributed by atoms with Gasteiger partial charge >= 0.3 is 5.97 Å². The number of aliphatic hydroxyl groups is 1. The van der Waals surface area contributed by atoms with Crippen molar-refractivity contribution in [3.8, 4) is 11.5 Å². The zero-order valence-corrected chi connectivity index (χ0v) is 26.4. The molecule has 1 aromatic carbocycles. The lowest BCUT2D eigenvalue weighted by Crippen LogP contribution is -2.51. The van der Waals surface area contributed by atoms with Crippen LogP contribution in [0.5, 0.6) is 11.5 Å². The lowest BCUT2D eigenvalue weighted by atomic mass is 9.82. The molecule has 0 aliphatic carbocycles. The van der Waals surface area contributed by atoms with Crippen LogP contribution in [0.3, 0.4) is 0 Å². The Morgan fingerprint density at radius 3 is 2.80 bits per heavy atom. The lowest BCUT2D eigenvalue weighted by molar-refractivity contribution is -0.159. The van der Waals surface area contributed by atoms with Gasteiger partial charge in [0, 0.05) is 54.9 Å². The van der Waals surface area contributed by atoms with Gasteiger partial charge in [0.1, 0.15) is 46.5 Å². The van der Waals surface area contributed by atoms with E-state index in [2.05, 4.69) is 16.0 Å². The average molecular weight is 634 g/mol. The number of carbonyl (C=O) groups is 1. The minimum atomic E-state index is -1.06. The molecule has 9 N–H and O–H groups in total. The summed E-state index contributed by atoms with van der Waals surface area (Å²) in [5.74, 6) is 0.0867. The van der Waals surface area contributed by atoms with E-state index in [1.54, 1.807) is 19.1 Å². The van der Waals surface area contributed by atoms with E-state index in [1.807, 2.05) is 38.3 Å². The number of phenolic OH excluding ortho intramolecular Hbond substituents is 1. The van der Waals surface area contributed by atoms with Gasteiger partial charge in [-0.2, -0.15) is 0 Å². The molecule has 4 heterocycles. The Labute approximate surface area is 267 Å². The van der Waals surface area contributed by atoms with Crippen molar-refractivity contribution < 1.29 is 28.9 Å². The van der Waals surface area contributed by atoms with E-state index in [9.17, 15) is 19.8 Å². The van der Waals surface area contributed by atoms with Gasteiger partial charge in [-0.15, -0.1) is 0 Å². The van der Waals surface area contributed by atoms with Crippen molar-refractivity contribution in [3.05, 3.63) is 92.3 Å². The molecular weight excluding hydrogens is 590 g/mol. The number of allylic oxidation sites excluding steroid dienone is 5. The first-order valence-electron chi connectivity index (χ1n) is 15.6. The van der Waals surface area contributed by atoms with Gasteiger partial charge in [0.15, 0.2) is 5.43 Å². The molecule has 12 nitrogen and oxygen atoms in total. The van der Waals surface area contributed by atoms with Gasteiger partial charge in [-0.3, -0.25) is 4.79 Å². The number of aliphatic hydroxyl groups excluding tert-OH is 1. The smallest absolute Gasteiger partial charge is 0.335 e. The molecule has 0 saturated heterocycles. The number of fused-ring (bicyclic) bond motifs is 2. The summed E-state index contributed by atoms with van der Waals surface area (Å²) in [6.45, 7) is 6.64. The molecule has 0 spiro atoms. The lowest BCUT2D eigenvalue weighted by Gasteiger charge is -2.43. The third kappa shape index (κ3) is 6.84. The SMILES string of the molecule is CC=C(CNCC)C(=O)OC1Cc2c(c(CC3=CCNC(N)=C3)c3oc(CO)cc(=O)c3c2O)OC1(C)CCC1=CNC(N)C=C1. The largest absolute Gasteiger partial charge is 0.507 e. The van der Waals surface area contributed by atoms with Crippen LogP contribution in [0, 0.1) is 0 Å². The first kappa shape index (κ1) is 32.9. The summed E-state index contributed by atoms with van der Waals surface area (Å²) in [4.78, 5) is 26.8. The van der Waals surface area contributed by atoms with Gasteiger partial charge in [0.25, 0.3) is 0 Å². The molecule has 3 unspecified atom stereocenters. The van der Waals surface area contributed by atoms with Crippen molar-refractivity contribution in [1.29, 1.82) is 0 Å². The monoisotopic (exact) mass is 633 g/mol. The molecule has 0 amide bonds. The standard InChI is InChI=1S/C34H43N5O7/c1-4-21(17-37-5-2)33(43)45-26-15-23-30(42)29-25(41)14-22(18-40)44-32(29)24(12-20-9-11-38-28(36)13-20)31(23)46-34(26,3)10-8-19-6-7-27(35)39-16-19/h4,6-7,9,13-14,16,26-27,37-40,42H,5,8,10-12,15,17-18,35-36H2,1-3H3. The van der Waals surface area contributed by atoms with E-state index < -0.39 is 29.7 Å². The number of hydrogen-bond donors (Lipinski definition) is 7. The maximum atomic E-state index is 13.5. The molecular formula is C34H43N5O7. The third-order valence-corrected chi connectivity index (χ3v) is 8.61. The quantitative estimate of drug-likeness (QED) is 0.141. The molecule has 3 aliphatic rings. The summed E-state index contributed by atoms with van der Waals surface area (Å²) in [7, 11) is 0. The van der Waals surface area contributed by atoms with Crippen LogP contribution in [-0.2, 0) is 29.0 Å². The number of ether oxygens (including phenoxy) is 2. The van der Waals surface area contributed by atoms with Crippen LogP contribution in [0.25, 0.3) is 11.0 Å². The number of nitrogens with two attached hydrogens (primary N) is 2. The van der Waals surface area contributed by atoms with Crippen molar-refractivity contribution >= 4 is 16.9 Å². The maximum Gasteiger partial charge on any atom is 0.335 e. The molecule has 0 bridgehead atoms. The molecule has 5 rings (SSSR count). The zero-order valence-electron chi connectivity index (χ0n) is 26.4. The number of hydrogen-bond acceptors (Lipinski definition) is 12. The molecule has 0 radical (unpaired) electrons. The van der Waals surface area contributed by atoms with Crippen molar-refractivity contribution in [1.82, 2.24) is 16.0 Å². The van der Waals surface area contributed by atoms with Crippen LogP contribution in [0.4, 0.5) is 0 Å². The second-order valence-electron chi connectivity index (χ2n) is 11.9. The normalized spacial score (nSPS) is 22.5. The highest BCUT2D eigenvalue weighted by Gasteiger charge is 2.46. The van der Waals surface area contributed by atoms with E-state index in [-0.39, 0.29) is 41.5 Å². The van der Waals surface area contributed by atoms with Crippen LogP contribution in [0.1, 0.15) is 50.5 Å². The Bertz CT molecular complexity index is 1720. The topological polar surface area (TPSA) is 194 Å². The van der Waals surface area contributed by atoms with E-state index in [0.29, 0.717) is 60.7 Å². The highest BCUT2D eigenvalue weighted by molar-refractivity contribution is 5.91. The molecule has 1 aromatic heterocycles. The van der Waals surface area contributed by atoms with Crippen molar-refractivity contribution in [2.75, 3.05) is 19.6 Å². The number of likely N-dealkylation sites (N-methyl/N-ethyl adjacent to an activating group) is 1. The first-order valence-corrected chi connectivity index (χ1v) is 15.6. The summed E-state index contributed by atoms with van der Waals surface area (Å²) in [5.41, 5.74) is 13.7. The van der Waals surface area contributed by atoms with Gasteiger partial charge in [-0.25, -0.2) is 4.79 Å². The Balaban J connectivity index is 1.63. The number of nitrogens with one attached hydrogen (secondary N) is 3. The summed E-state index contributed by atoms with van der Waals surface area (Å²) >= 11 is 0. The minimum absolute atomic E-state index is 0.0316. The number of benzene rings is 1. The molecule has 246 valence electrons. The predicted octanol–water partition coefficient (Wildman–Crippen LogP) is 2.13. The summed E-state index contributed by atoms with van der Waals surface area (Å²) in [6.07, 6.45) is 11.4. The summed E-state index contributed by atoms with van der Waals surface area (Å²) in [6, 6.07) is 1.16. The number of dihydropyridines is 2. The summed E-state index contributed by atoms with van der Waals surface area (Å²) in [5, 5.41) is 30.7. The second-order valence-corrected chi connectivity index (χ2v) is 11.9. The fraction of sp³-hybridized carbons (Fsp3) is 0.412. The first-order chi connectivity index (χ1) is 22.1. The van der Waals surface area contributed by atoms with Gasteiger partial charge in [-0.1, -0.05) is 25.2 Å². The number of esters is 1. The van der Waals surface area contributed by atoms with E-state index in [4.69, 9.17) is 25.4 Å². The summed E-state index contributed by atoms with van der Waals surface area (Å²) < 4.78 is 19.0. The molecule has 0 fully saturated rings. The second kappa shape index (κ2) is 13.9. The van der Waals surface area contributed by atoms with Crippen LogP contribution in [0.2, 0.25) is 0 Å². The third-order valence-electron chi connectivity index (χ3n) is 8.61. The van der Waals surface area contributed by atoms with Crippen LogP contribution in [-0.4, -0.2) is 53.7 Å². The van der Waals surface area contributed by atoms with Crippen LogP contribution in [0.15, 0.2) is 74.4 Å². The molecule has 3 atom stereocenters. The van der Waals surface area contributed by atoms with Crippen molar-refractivity contribution in [2.45, 2.75) is 70.9 Å². The number of rotatable bonds is 11. The fourth-order valence-electron chi connectivity index (χ4n) is 5.93. The highest BCUT2D eigenvalue weighted by Crippen LogP contribution is 2.48. The van der Waals surface area contributed by atoms with Gasteiger partial charge in [0.05, 0.1) is 12.0 Å². The maximum absolute atomic E-state index is 13.5. The van der Waals surface area contributed by atoms with Gasteiger partial charge in [-0.05, 0) is 56.5 Å². The Kier molecular flexibility index (Phi) is 9.90. The molecule has 3 aliphatic heterocycles. The minimum Gasteiger partial charge on any atom is -0.507 e. The van der Waals surface area contributed by atoms with Gasteiger partial charge < -0.3 is 51.5 Å². The Morgan fingerprint density at radius 1 is 1.33 bits per heavy atom. The Morgan fingerprint density at radius 2 is 2.13 bits per heavy atom. The van der Waals surface area contributed by atoms with Crippen LogP contribution >= 0.6 is 0 Å².